The lowest BCUT2D eigenvalue weighted by atomic mass is 10.0. The van der Waals surface area contributed by atoms with E-state index in [4.69, 9.17) is 5.21 Å². The number of aryl methyl sites for hydroxylation is 1. The van der Waals surface area contributed by atoms with Crippen molar-refractivity contribution in [1.29, 1.82) is 0 Å². The maximum atomic E-state index is 11.3. The van der Waals surface area contributed by atoms with Gasteiger partial charge in [-0.1, -0.05) is 36.4 Å². The molecule has 6 heteroatoms. The van der Waals surface area contributed by atoms with E-state index in [9.17, 15) is 4.79 Å². The molecule has 0 fully saturated rings. The average Bonchev–Trinajstić information content (AvgIpc) is 3.60. The van der Waals surface area contributed by atoms with Gasteiger partial charge in [-0.3, -0.25) is 14.9 Å². The number of fused-ring (bicyclic) bond motifs is 2. The number of para-hydroxylation sites is 1. The van der Waals surface area contributed by atoms with E-state index >= 15 is 0 Å². The van der Waals surface area contributed by atoms with Crippen molar-refractivity contribution in [3.63, 3.8) is 0 Å². The molecule has 0 radical (unpaired) electrons. The molecule has 1 aliphatic carbocycles. The zero-order chi connectivity index (χ0) is 22.6. The molecule has 4 N–H and O–H groups in total. The molecule has 5 rings (SSSR count). The molecule has 1 unspecified atom stereocenters. The molecule has 0 aliphatic heterocycles. The van der Waals surface area contributed by atoms with Gasteiger partial charge in [0.25, 0.3) is 5.91 Å². The second kappa shape index (κ2) is 9.48. The number of hydrogen-bond donors (Lipinski definition) is 4. The molecule has 4 aromatic rings. The molecule has 6 nitrogen and oxygen atoms in total. The molecular formula is C27H28N4O2. The number of hydrogen-bond acceptors (Lipinski definition) is 3. The van der Waals surface area contributed by atoms with Gasteiger partial charge in [0.1, 0.15) is 0 Å². The van der Waals surface area contributed by atoms with Crippen LogP contribution in [0.25, 0.3) is 17.0 Å². The zero-order valence-electron chi connectivity index (χ0n) is 18.4. The molecular weight excluding hydrogens is 412 g/mol. The lowest BCUT2D eigenvalue weighted by Gasteiger charge is -2.29. The van der Waals surface area contributed by atoms with E-state index in [1.165, 1.54) is 39.4 Å². The van der Waals surface area contributed by atoms with E-state index in [1.54, 1.807) is 11.6 Å². The second-order valence-electron chi connectivity index (χ2n) is 8.60. The van der Waals surface area contributed by atoms with Gasteiger partial charge < -0.3 is 9.97 Å². The van der Waals surface area contributed by atoms with Crippen molar-refractivity contribution in [1.82, 2.24) is 20.3 Å². The fraction of sp³-hybridized carbons (Fsp3) is 0.222. The van der Waals surface area contributed by atoms with Crippen LogP contribution in [0.1, 0.15) is 40.4 Å². The highest BCUT2D eigenvalue weighted by Gasteiger charge is 2.28. The van der Waals surface area contributed by atoms with Crippen LogP contribution in [0.3, 0.4) is 0 Å². The van der Waals surface area contributed by atoms with Crippen LogP contribution in [0.15, 0.2) is 73.1 Å². The minimum atomic E-state index is -0.525. The van der Waals surface area contributed by atoms with E-state index in [1.807, 2.05) is 12.3 Å². The molecule has 33 heavy (non-hydrogen) atoms. The van der Waals surface area contributed by atoms with Crippen molar-refractivity contribution in [3.8, 4) is 0 Å². The van der Waals surface area contributed by atoms with Gasteiger partial charge in [-0.05, 0) is 65.8 Å². The zero-order valence-corrected chi connectivity index (χ0v) is 18.4. The number of carbonyl (C=O) groups is 1. The van der Waals surface area contributed by atoms with Gasteiger partial charge in [-0.2, -0.15) is 0 Å². The smallest absolute Gasteiger partial charge is 0.267 e. The van der Waals surface area contributed by atoms with Gasteiger partial charge in [-0.25, -0.2) is 5.48 Å². The quantitative estimate of drug-likeness (QED) is 0.181. The van der Waals surface area contributed by atoms with Crippen LogP contribution in [0.5, 0.6) is 0 Å². The van der Waals surface area contributed by atoms with Crippen molar-refractivity contribution in [3.05, 3.63) is 101 Å². The van der Waals surface area contributed by atoms with Crippen LogP contribution in [0.2, 0.25) is 0 Å². The minimum absolute atomic E-state index is 0.354. The summed E-state index contributed by atoms with van der Waals surface area (Å²) in [6.07, 6.45) is 10.3. The van der Waals surface area contributed by atoms with E-state index in [0.29, 0.717) is 6.04 Å². The van der Waals surface area contributed by atoms with Crippen LogP contribution >= 0.6 is 0 Å². The number of nitrogens with one attached hydrogen (secondary N) is 3. The summed E-state index contributed by atoms with van der Waals surface area (Å²) < 4.78 is 0. The lowest BCUT2D eigenvalue weighted by molar-refractivity contribution is -0.124. The summed E-state index contributed by atoms with van der Waals surface area (Å²) in [6.45, 7) is 1.83. The van der Waals surface area contributed by atoms with Crippen molar-refractivity contribution in [2.75, 3.05) is 6.54 Å². The molecule has 168 valence electrons. The first-order valence-electron chi connectivity index (χ1n) is 11.4. The van der Waals surface area contributed by atoms with Crippen molar-refractivity contribution < 1.29 is 10.0 Å². The Hall–Kier alpha value is -3.61. The second-order valence-corrected chi connectivity index (χ2v) is 8.60. The summed E-state index contributed by atoms with van der Waals surface area (Å²) in [5, 5.41) is 9.98. The van der Waals surface area contributed by atoms with Gasteiger partial charge in [0.05, 0.1) is 0 Å². The van der Waals surface area contributed by atoms with Crippen molar-refractivity contribution >= 4 is 22.9 Å². The highest BCUT2D eigenvalue weighted by atomic mass is 16.5. The van der Waals surface area contributed by atoms with E-state index in [2.05, 4.69) is 69.6 Å². The molecule has 2 aromatic carbocycles. The number of benzene rings is 2. The summed E-state index contributed by atoms with van der Waals surface area (Å²) in [5.41, 5.74) is 9.04. The summed E-state index contributed by atoms with van der Waals surface area (Å²) in [7, 11) is 0. The SMILES string of the molecule is O=C(/C=C/c1ccc2c(c1)CCC2N(CCc1c[nH]c2ccccc12)Cc1ccc[nH]1)NO. The number of H-pyrrole nitrogens is 2. The third kappa shape index (κ3) is 4.62. The van der Waals surface area contributed by atoms with Gasteiger partial charge >= 0.3 is 0 Å². The number of amides is 1. The Kier molecular flexibility index (Phi) is 6.11. The number of hydroxylamine groups is 1. The maximum Gasteiger partial charge on any atom is 0.267 e. The first-order chi connectivity index (χ1) is 16.2. The maximum absolute atomic E-state index is 11.3. The molecule has 2 aromatic heterocycles. The molecule has 0 saturated carbocycles. The van der Waals surface area contributed by atoms with Gasteiger partial charge in [0, 0.05) is 54.2 Å². The van der Waals surface area contributed by atoms with Crippen LogP contribution in [-0.4, -0.2) is 32.5 Å². The van der Waals surface area contributed by atoms with Crippen molar-refractivity contribution in [2.24, 2.45) is 0 Å². The molecule has 2 heterocycles. The average molecular weight is 441 g/mol. The van der Waals surface area contributed by atoms with Crippen LogP contribution in [0, 0.1) is 0 Å². The van der Waals surface area contributed by atoms with Gasteiger partial charge in [-0.15, -0.1) is 0 Å². The highest BCUT2D eigenvalue weighted by Crippen LogP contribution is 2.37. The Morgan fingerprint density at radius 3 is 2.91 bits per heavy atom. The first-order valence-corrected chi connectivity index (χ1v) is 11.4. The molecule has 1 aliphatic rings. The fourth-order valence-corrected chi connectivity index (χ4v) is 4.94. The molecule has 0 spiro atoms. The van der Waals surface area contributed by atoms with Crippen LogP contribution in [0.4, 0.5) is 0 Å². The predicted octanol–water partition coefficient (Wildman–Crippen LogP) is 4.75. The Morgan fingerprint density at radius 2 is 2.06 bits per heavy atom. The Balaban J connectivity index is 1.37. The van der Waals surface area contributed by atoms with Crippen LogP contribution < -0.4 is 5.48 Å². The van der Waals surface area contributed by atoms with E-state index < -0.39 is 5.91 Å². The van der Waals surface area contributed by atoms with E-state index in [0.717, 1.165) is 37.9 Å². The minimum Gasteiger partial charge on any atom is -0.364 e. The largest absolute Gasteiger partial charge is 0.364 e. The Labute approximate surface area is 192 Å². The van der Waals surface area contributed by atoms with E-state index in [-0.39, 0.29) is 0 Å². The van der Waals surface area contributed by atoms with Crippen LogP contribution in [-0.2, 0) is 24.2 Å². The Bertz CT molecular complexity index is 1270. The third-order valence-electron chi connectivity index (χ3n) is 6.57. The summed E-state index contributed by atoms with van der Waals surface area (Å²) >= 11 is 0. The number of carbonyl (C=O) groups excluding carboxylic acids is 1. The first kappa shape index (κ1) is 21.2. The number of aromatic nitrogens is 2. The molecule has 0 bridgehead atoms. The number of rotatable bonds is 8. The summed E-state index contributed by atoms with van der Waals surface area (Å²) in [6, 6.07) is 19.4. The van der Waals surface area contributed by atoms with Gasteiger partial charge in [0.15, 0.2) is 0 Å². The molecule has 1 atom stereocenters. The van der Waals surface area contributed by atoms with Gasteiger partial charge in [0.2, 0.25) is 0 Å². The third-order valence-corrected chi connectivity index (χ3v) is 6.57. The molecule has 0 saturated heterocycles. The standard InChI is InChI=1S/C27H28N4O2/c32-27(30-33)12-8-19-7-10-24-20(16-19)9-11-26(24)31(18-22-4-3-14-28-22)15-13-21-17-29-25-6-2-1-5-23(21)25/h1-8,10,12,14,16-17,26,28-29,33H,9,11,13,15,18H2,(H,30,32)/b12-8+. The summed E-state index contributed by atoms with van der Waals surface area (Å²) in [5.74, 6) is -0.525. The Morgan fingerprint density at radius 1 is 1.15 bits per heavy atom. The normalized spacial score (nSPS) is 15.5. The fourth-order valence-electron chi connectivity index (χ4n) is 4.94. The lowest BCUT2D eigenvalue weighted by Crippen LogP contribution is -2.29. The molecule has 1 amide bonds. The monoisotopic (exact) mass is 440 g/mol. The topological polar surface area (TPSA) is 84.2 Å². The summed E-state index contributed by atoms with van der Waals surface area (Å²) in [4.78, 5) is 20.6. The predicted molar refractivity (Wildman–Crippen MR) is 130 cm³/mol. The number of nitrogens with zero attached hydrogens (tertiary/aromatic N) is 1. The highest BCUT2D eigenvalue weighted by molar-refractivity contribution is 5.90. The van der Waals surface area contributed by atoms with Crippen molar-refractivity contribution in [2.45, 2.75) is 31.8 Å². The number of aromatic amines is 2.